The van der Waals surface area contributed by atoms with Gasteiger partial charge in [0, 0.05) is 11.6 Å². The van der Waals surface area contributed by atoms with Crippen molar-refractivity contribution in [3.8, 4) is 11.5 Å². The molecule has 0 aromatic heterocycles. The molecule has 5 nitrogen and oxygen atoms in total. The number of hydrogen-bond acceptors (Lipinski definition) is 4. The Bertz CT molecular complexity index is 1000. The number of thiocarbonyl (C=S) groups is 1. The van der Waals surface area contributed by atoms with Crippen LogP contribution in [0.3, 0.4) is 0 Å². The van der Waals surface area contributed by atoms with Gasteiger partial charge in [-0.15, -0.1) is 0 Å². The molecule has 1 saturated carbocycles. The van der Waals surface area contributed by atoms with Crippen LogP contribution in [0.1, 0.15) is 43.2 Å². The third kappa shape index (κ3) is 4.88. The molecule has 1 aliphatic carbocycles. The highest BCUT2D eigenvalue weighted by atomic mass is 32.1. The van der Waals surface area contributed by atoms with Gasteiger partial charge in [0.2, 0.25) is 0 Å². The first-order valence-electron chi connectivity index (χ1n) is 10.5. The summed E-state index contributed by atoms with van der Waals surface area (Å²) in [7, 11) is 1.59. The van der Waals surface area contributed by atoms with Crippen molar-refractivity contribution in [1.29, 1.82) is 0 Å². The standard InChI is InChI=1S/C24H25FN2O3S/c1-29-22-12-7-16(13-17(22)15-30-20-10-8-18(25)9-11-20)14-21-23(28)27(24(31)26-21)19-5-3-2-4-6-19/h7-14,19H,2-6,15H2,1H3,(H,26,31)/b21-14+. The van der Waals surface area contributed by atoms with Gasteiger partial charge in [0.1, 0.15) is 29.6 Å². The molecule has 1 saturated heterocycles. The Morgan fingerprint density at radius 3 is 2.61 bits per heavy atom. The summed E-state index contributed by atoms with van der Waals surface area (Å²) in [6.07, 6.45) is 7.27. The van der Waals surface area contributed by atoms with Gasteiger partial charge in [-0.2, -0.15) is 0 Å². The normalized spacial score (nSPS) is 18.4. The molecule has 2 aliphatic rings. The van der Waals surface area contributed by atoms with E-state index < -0.39 is 0 Å². The molecule has 1 N–H and O–H groups in total. The van der Waals surface area contributed by atoms with Crippen molar-refractivity contribution >= 4 is 29.3 Å². The fourth-order valence-electron chi connectivity index (χ4n) is 4.08. The van der Waals surface area contributed by atoms with Gasteiger partial charge in [0.25, 0.3) is 5.91 Å². The molecule has 2 fully saturated rings. The van der Waals surface area contributed by atoms with Crippen molar-refractivity contribution in [2.24, 2.45) is 0 Å². The van der Waals surface area contributed by atoms with E-state index in [0.717, 1.165) is 36.8 Å². The van der Waals surface area contributed by atoms with E-state index in [2.05, 4.69) is 5.32 Å². The van der Waals surface area contributed by atoms with Gasteiger partial charge in [-0.1, -0.05) is 25.3 Å². The number of carbonyl (C=O) groups excluding carboxylic acids is 1. The predicted octanol–water partition coefficient (Wildman–Crippen LogP) is 4.80. The first kappa shape index (κ1) is 21.3. The van der Waals surface area contributed by atoms with E-state index in [1.807, 2.05) is 18.2 Å². The fraction of sp³-hybridized carbons (Fsp3) is 0.333. The largest absolute Gasteiger partial charge is 0.496 e. The van der Waals surface area contributed by atoms with E-state index in [1.165, 1.54) is 18.6 Å². The summed E-state index contributed by atoms with van der Waals surface area (Å²) in [5.41, 5.74) is 2.13. The van der Waals surface area contributed by atoms with Crippen LogP contribution in [0, 0.1) is 5.82 Å². The molecule has 162 valence electrons. The molecule has 1 amide bonds. The molecule has 0 unspecified atom stereocenters. The smallest absolute Gasteiger partial charge is 0.276 e. The van der Waals surface area contributed by atoms with E-state index in [1.54, 1.807) is 30.2 Å². The van der Waals surface area contributed by atoms with Crippen LogP contribution >= 0.6 is 12.2 Å². The molecule has 1 heterocycles. The molecule has 4 rings (SSSR count). The number of methoxy groups -OCH3 is 1. The Hall–Kier alpha value is -2.93. The second kappa shape index (κ2) is 9.47. The van der Waals surface area contributed by atoms with Gasteiger partial charge in [-0.25, -0.2) is 4.39 Å². The zero-order valence-corrected chi connectivity index (χ0v) is 18.2. The summed E-state index contributed by atoms with van der Waals surface area (Å²) < 4.78 is 24.3. The molecule has 31 heavy (non-hydrogen) atoms. The molecule has 1 aliphatic heterocycles. The van der Waals surface area contributed by atoms with Crippen LogP contribution in [0.4, 0.5) is 4.39 Å². The lowest BCUT2D eigenvalue weighted by Gasteiger charge is -2.29. The highest BCUT2D eigenvalue weighted by molar-refractivity contribution is 7.80. The molecule has 0 atom stereocenters. The molecule has 0 bridgehead atoms. The SMILES string of the molecule is COc1ccc(/C=C2/NC(=S)N(C3CCCCC3)C2=O)cc1COc1ccc(F)cc1. The summed E-state index contributed by atoms with van der Waals surface area (Å²) in [5.74, 6) is 0.854. The van der Waals surface area contributed by atoms with Gasteiger partial charge in [0.15, 0.2) is 5.11 Å². The number of nitrogens with zero attached hydrogens (tertiary/aromatic N) is 1. The lowest BCUT2D eigenvalue weighted by atomic mass is 9.94. The first-order chi connectivity index (χ1) is 15.0. The van der Waals surface area contributed by atoms with E-state index in [9.17, 15) is 9.18 Å². The Morgan fingerprint density at radius 1 is 1.16 bits per heavy atom. The average Bonchev–Trinajstić information content (AvgIpc) is 3.06. The Labute approximate surface area is 186 Å². The fourth-order valence-corrected chi connectivity index (χ4v) is 4.42. The van der Waals surface area contributed by atoms with Gasteiger partial charge < -0.3 is 14.8 Å². The average molecular weight is 441 g/mol. The van der Waals surface area contributed by atoms with Crippen molar-refractivity contribution in [2.75, 3.05) is 7.11 Å². The maximum Gasteiger partial charge on any atom is 0.276 e. The van der Waals surface area contributed by atoms with Crippen LogP contribution in [0.15, 0.2) is 48.2 Å². The summed E-state index contributed by atoms with van der Waals surface area (Å²) in [4.78, 5) is 14.7. The summed E-state index contributed by atoms with van der Waals surface area (Å²) in [5, 5.41) is 3.56. The van der Waals surface area contributed by atoms with E-state index in [4.69, 9.17) is 21.7 Å². The summed E-state index contributed by atoms with van der Waals surface area (Å²) in [6, 6.07) is 11.7. The molecule has 0 radical (unpaired) electrons. The Morgan fingerprint density at radius 2 is 1.90 bits per heavy atom. The minimum atomic E-state index is -0.313. The molecule has 0 spiro atoms. The van der Waals surface area contributed by atoms with E-state index >= 15 is 0 Å². The topological polar surface area (TPSA) is 50.8 Å². The van der Waals surface area contributed by atoms with Crippen LogP contribution in [0.25, 0.3) is 6.08 Å². The molecule has 7 heteroatoms. The van der Waals surface area contributed by atoms with Crippen LogP contribution in [0.5, 0.6) is 11.5 Å². The maximum atomic E-state index is 13.1. The van der Waals surface area contributed by atoms with Gasteiger partial charge in [-0.05, 0) is 73.1 Å². The van der Waals surface area contributed by atoms with E-state index in [0.29, 0.717) is 22.3 Å². The van der Waals surface area contributed by atoms with Gasteiger partial charge in [0.05, 0.1) is 7.11 Å². The number of hydrogen-bond donors (Lipinski definition) is 1. The van der Waals surface area contributed by atoms with Crippen molar-refractivity contribution in [2.45, 2.75) is 44.8 Å². The quantitative estimate of drug-likeness (QED) is 0.516. The van der Waals surface area contributed by atoms with Gasteiger partial charge >= 0.3 is 0 Å². The highest BCUT2D eigenvalue weighted by Gasteiger charge is 2.36. The molecular weight excluding hydrogens is 415 g/mol. The zero-order valence-electron chi connectivity index (χ0n) is 17.4. The number of halogens is 1. The van der Waals surface area contributed by atoms with Crippen LogP contribution < -0.4 is 14.8 Å². The van der Waals surface area contributed by atoms with Crippen LogP contribution in [-0.2, 0) is 11.4 Å². The highest BCUT2D eigenvalue weighted by Crippen LogP contribution is 2.28. The number of ether oxygens (including phenoxy) is 2. The van der Waals surface area contributed by atoms with Crippen molar-refractivity contribution in [3.63, 3.8) is 0 Å². The molecular formula is C24H25FN2O3S. The Balaban J connectivity index is 1.52. The number of amides is 1. The predicted molar refractivity (Wildman–Crippen MR) is 121 cm³/mol. The van der Waals surface area contributed by atoms with Crippen molar-refractivity contribution in [1.82, 2.24) is 10.2 Å². The molecule has 2 aromatic carbocycles. The minimum Gasteiger partial charge on any atom is -0.496 e. The lowest BCUT2D eigenvalue weighted by Crippen LogP contribution is -2.41. The minimum absolute atomic E-state index is 0.0724. The van der Waals surface area contributed by atoms with Crippen molar-refractivity contribution < 1.29 is 18.7 Å². The summed E-state index contributed by atoms with van der Waals surface area (Å²) >= 11 is 5.45. The second-order valence-electron chi connectivity index (χ2n) is 7.77. The lowest BCUT2D eigenvalue weighted by molar-refractivity contribution is -0.124. The number of rotatable bonds is 6. The third-order valence-electron chi connectivity index (χ3n) is 5.67. The first-order valence-corrected chi connectivity index (χ1v) is 10.9. The van der Waals surface area contributed by atoms with Gasteiger partial charge in [-0.3, -0.25) is 9.69 Å². The van der Waals surface area contributed by atoms with Crippen LogP contribution in [0.2, 0.25) is 0 Å². The van der Waals surface area contributed by atoms with Crippen LogP contribution in [-0.4, -0.2) is 29.1 Å². The van der Waals surface area contributed by atoms with E-state index in [-0.39, 0.29) is 24.4 Å². The second-order valence-corrected chi connectivity index (χ2v) is 8.16. The number of nitrogens with one attached hydrogen (secondary N) is 1. The van der Waals surface area contributed by atoms with Crippen molar-refractivity contribution in [3.05, 3.63) is 65.1 Å². The zero-order chi connectivity index (χ0) is 21.8. The number of benzene rings is 2. The Kier molecular flexibility index (Phi) is 6.51. The molecule has 2 aromatic rings. The monoisotopic (exact) mass is 440 g/mol. The number of carbonyl (C=O) groups is 1. The maximum absolute atomic E-state index is 13.1. The third-order valence-corrected chi connectivity index (χ3v) is 5.97. The summed E-state index contributed by atoms with van der Waals surface area (Å²) in [6.45, 7) is 0.250.